The van der Waals surface area contributed by atoms with Crippen LogP contribution in [0.5, 0.6) is 0 Å². The van der Waals surface area contributed by atoms with E-state index in [0.29, 0.717) is 11.8 Å². The molecule has 1 atom stereocenters. The minimum Gasteiger partial charge on any atom is -0.351 e. The van der Waals surface area contributed by atoms with Crippen molar-refractivity contribution in [1.82, 2.24) is 15.0 Å². The summed E-state index contributed by atoms with van der Waals surface area (Å²) >= 11 is 1.84. The van der Waals surface area contributed by atoms with E-state index in [0.717, 1.165) is 19.3 Å². The molecule has 2 aromatic heterocycles. The Kier molecular flexibility index (Phi) is 6.04. The second-order valence-electron chi connectivity index (χ2n) is 5.51. The molecule has 2 rings (SSSR count). The summed E-state index contributed by atoms with van der Waals surface area (Å²) in [5.74, 6) is 1.18. The second kappa shape index (κ2) is 8.01. The first-order valence-corrected chi connectivity index (χ1v) is 8.60. The minimum atomic E-state index is -0.193. The molecule has 0 bridgehead atoms. The molecule has 2 N–H and O–H groups in total. The van der Waals surface area contributed by atoms with Crippen molar-refractivity contribution in [2.75, 3.05) is 10.6 Å². The van der Waals surface area contributed by atoms with E-state index in [9.17, 15) is 4.79 Å². The molecule has 124 valence electrons. The van der Waals surface area contributed by atoms with E-state index in [-0.39, 0.29) is 17.9 Å². The van der Waals surface area contributed by atoms with Gasteiger partial charge in [-0.3, -0.25) is 10.1 Å². The summed E-state index contributed by atoms with van der Waals surface area (Å²) in [4.78, 5) is 26.6. The van der Waals surface area contributed by atoms with Crippen LogP contribution in [0.3, 0.4) is 0 Å². The molecule has 1 unspecified atom stereocenters. The summed E-state index contributed by atoms with van der Waals surface area (Å²) in [7, 11) is 0. The number of nitrogens with one attached hydrogen (secondary N) is 2. The van der Waals surface area contributed by atoms with Gasteiger partial charge in [0.2, 0.25) is 17.8 Å². The van der Waals surface area contributed by atoms with Gasteiger partial charge in [0.1, 0.15) is 5.82 Å². The largest absolute Gasteiger partial charge is 0.351 e. The van der Waals surface area contributed by atoms with Gasteiger partial charge in [-0.2, -0.15) is 15.0 Å². The molecule has 0 radical (unpaired) electrons. The highest BCUT2D eigenvalue weighted by atomic mass is 32.1. The predicted molar refractivity (Wildman–Crippen MR) is 93.9 cm³/mol. The highest BCUT2D eigenvalue weighted by Gasteiger charge is 2.11. The third-order valence-corrected chi connectivity index (χ3v) is 4.46. The van der Waals surface area contributed by atoms with E-state index in [1.165, 1.54) is 16.7 Å². The van der Waals surface area contributed by atoms with Crippen LogP contribution in [0.1, 0.15) is 42.3 Å². The Balaban J connectivity index is 2.00. The van der Waals surface area contributed by atoms with Crippen LogP contribution in [-0.2, 0) is 11.2 Å². The molecule has 0 aliphatic heterocycles. The minimum absolute atomic E-state index is 0.193. The van der Waals surface area contributed by atoms with Gasteiger partial charge in [-0.05, 0) is 45.2 Å². The SMILES string of the molecule is CCC(CCc1ccc(C)s1)Nc1nc(C)nc(NC(C)=O)n1. The molecule has 6 nitrogen and oxygen atoms in total. The highest BCUT2D eigenvalue weighted by molar-refractivity contribution is 7.11. The van der Waals surface area contributed by atoms with Crippen LogP contribution in [0.4, 0.5) is 11.9 Å². The van der Waals surface area contributed by atoms with Crippen LogP contribution in [0, 0.1) is 13.8 Å². The summed E-state index contributed by atoms with van der Waals surface area (Å²) in [5.41, 5.74) is 0. The highest BCUT2D eigenvalue weighted by Crippen LogP contribution is 2.19. The van der Waals surface area contributed by atoms with E-state index in [2.05, 4.69) is 51.6 Å². The van der Waals surface area contributed by atoms with Crippen molar-refractivity contribution in [2.24, 2.45) is 0 Å². The number of anilines is 2. The van der Waals surface area contributed by atoms with E-state index in [4.69, 9.17) is 0 Å². The summed E-state index contributed by atoms with van der Waals surface area (Å²) in [5, 5.41) is 5.95. The second-order valence-corrected chi connectivity index (χ2v) is 6.88. The number of amides is 1. The Labute approximate surface area is 140 Å². The van der Waals surface area contributed by atoms with Crippen molar-refractivity contribution in [3.63, 3.8) is 0 Å². The lowest BCUT2D eigenvalue weighted by atomic mass is 10.1. The summed E-state index contributed by atoms with van der Waals surface area (Å²) in [6, 6.07) is 4.63. The fraction of sp³-hybridized carbons (Fsp3) is 0.500. The number of hydrogen-bond donors (Lipinski definition) is 2. The molecule has 2 aromatic rings. The molecule has 7 heteroatoms. The number of nitrogens with zero attached hydrogens (tertiary/aromatic N) is 3. The van der Waals surface area contributed by atoms with Crippen LogP contribution >= 0.6 is 11.3 Å². The molecule has 2 heterocycles. The van der Waals surface area contributed by atoms with Gasteiger partial charge >= 0.3 is 0 Å². The molecule has 0 spiro atoms. The summed E-state index contributed by atoms with van der Waals surface area (Å²) in [6.45, 7) is 7.48. The van der Waals surface area contributed by atoms with Crippen LogP contribution in [-0.4, -0.2) is 26.9 Å². The number of carbonyl (C=O) groups is 1. The van der Waals surface area contributed by atoms with Crippen molar-refractivity contribution in [1.29, 1.82) is 0 Å². The Morgan fingerprint density at radius 3 is 2.57 bits per heavy atom. The van der Waals surface area contributed by atoms with Crippen LogP contribution in [0.2, 0.25) is 0 Å². The van der Waals surface area contributed by atoms with Gasteiger partial charge in [-0.1, -0.05) is 6.92 Å². The molecule has 0 fully saturated rings. The van der Waals surface area contributed by atoms with E-state index >= 15 is 0 Å². The predicted octanol–water partition coefficient (Wildman–Crippen LogP) is 3.33. The van der Waals surface area contributed by atoms with Crippen LogP contribution < -0.4 is 10.6 Å². The standard InChI is InChI=1S/C16H23N5OS/c1-5-13(7-9-14-8-6-10(2)23-14)20-16-18-11(3)17-15(21-16)19-12(4)22/h6,8,13H,5,7,9H2,1-4H3,(H2,17,18,19,20,21,22). The molecule has 0 saturated heterocycles. The molecule has 0 aromatic carbocycles. The third-order valence-electron chi connectivity index (χ3n) is 3.40. The van der Waals surface area contributed by atoms with Gasteiger partial charge in [0.25, 0.3) is 0 Å². The maximum atomic E-state index is 11.1. The number of aryl methyl sites for hydroxylation is 3. The molecule has 23 heavy (non-hydrogen) atoms. The zero-order chi connectivity index (χ0) is 16.8. The fourth-order valence-electron chi connectivity index (χ4n) is 2.26. The van der Waals surface area contributed by atoms with E-state index < -0.39 is 0 Å². The zero-order valence-electron chi connectivity index (χ0n) is 14.0. The van der Waals surface area contributed by atoms with Gasteiger partial charge in [-0.15, -0.1) is 11.3 Å². The van der Waals surface area contributed by atoms with Crippen molar-refractivity contribution >= 4 is 29.1 Å². The molecule has 0 aliphatic rings. The average Bonchev–Trinajstić information content (AvgIpc) is 2.87. The first kappa shape index (κ1) is 17.3. The maximum absolute atomic E-state index is 11.1. The zero-order valence-corrected chi connectivity index (χ0v) is 14.8. The number of hydrogen-bond acceptors (Lipinski definition) is 6. The normalized spacial score (nSPS) is 12.0. The van der Waals surface area contributed by atoms with Crippen molar-refractivity contribution in [3.8, 4) is 0 Å². The fourth-order valence-corrected chi connectivity index (χ4v) is 3.16. The molecule has 0 saturated carbocycles. The first-order valence-electron chi connectivity index (χ1n) is 7.78. The van der Waals surface area contributed by atoms with Crippen LogP contribution in [0.25, 0.3) is 0 Å². The lowest BCUT2D eigenvalue weighted by Gasteiger charge is -2.17. The molecular formula is C16H23N5OS. The third kappa shape index (κ3) is 5.59. The average molecular weight is 333 g/mol. The summed E-state index contributed by atoms with van der Waals surface area (Å²) in [6.07, 6.45) is 3.02. The van der Waals surface area contributed by atoms with Gasteiger partial charge in [-0.25, -0.2) is 0 Å². The molecule has 0 aliphatic carbocycles. The number of thiophene rings is 1. The Hall–Kier alpha value is -2.02. The lowest BCUT2D eigenvalue weighted by molar-refractivity contribution is -0.114. The van der Waals surface area contributed by atoms with Crippen LogP contribution in [0.15, 0.2) is 12.1 Å². The van der Waals surface area contributed by atoms with E-state index in [1.807, 2.05) is 11.3 Å². The van der Waals surface area contributed by atoms with Gasteiger partial charge < -0.3 is 5.32 Å². The molecular weight excluding hydrogens is 310 g/mol. The quantitative estimate of drug-likeness (QED) is 0.812. The van der Waals surface area contributed by atoms with Crippen molar-refractivity contribution in [2.45, 2.75) is 53.0 Å². The van der Waals surface area contributed by atoms with E-state index in [1.54, 1.807) is 6.92 Å². The van der Waals surface area contributed by atoms with Crippen molar-refractivity contribution < 1.29 is 4.79 Å². The van der Waals surface area contributed by atoms with Gasteiger partial charge in [0.05, 0.1) is 0 Å². The van der Waals surface area contributed by atoms with Crippen molar-refractivity contribution in [3.05, 3.63) is 27.7 Å². The number of rotatable bonds is 7. The number of aromatic nitrogens is 3. The van der Waals surface area contributed by atoms with Gasteiger partial charge in [0.15, 0.2) is 0 Å². The van der Waals surface area contributed by atoms with Gasteiger partial charge in [0, 0.05) is 22.7 Å². The summed E-state index contributed by atoms with van der Waals surface area (Å²) < 4.78 is 0. The monoisotopic (exact) mass is 333 g/mol. The first-order chi connectivity index (χ1) is 11.0. The maximum Gasteiger partial charge on any atom is 0.234 e. The topological polar surface area (TPSA) is 79.8 Å². The Morgan fingerprint density at radius 2 is 1.96 bits per heavy atom. The smallest absolute Gasteiger partial charge is 0.234 e. The number of carbonyl (C=O) groups excluding carboxylic acids is 1. The Morgan fingerprint density at radius 1 is 1.22 bits per heavy atom. The Bertz CT molecular complexity index is 670. The lowest BCUT2D eigenvalue weighted by Crippen LogP contribution is -2.22. The molecule has 1 amide bonds.